The second-order valence-corrected chi connectivity index (χ2v) is 12.0. The molecule has 7 nitrogen and oxygen atoms in total. The highest BCUT2D eigenvalue weighted by Gasteiger charge is 2.56. The van der Waals surface area contributed by atoms with Gasteiger partial charge in [-0.2, -0.15) is 10.2 Å². The predicted octanol–water partition coefficient (Wildman–Crippen LogP) is 5.95. The first-order chi connectivity index (χ1) is 18.8. The van der Waals surface area contributed by atoms with Crippen LogP contribution in [0.4, 0.5) is 24.9 Å². The van der Waals surface area contributed by atoms with Crippen molar-refractivity contribution in [2.75, 3.05) is 30.3 Å². The third-order valence-corrected chi connectivity index (χ3v) is 9.34. The fourth-order valence-corrected chi connectivity index (χ4v) is 8.20. The zero-order valence-corrected chi connectivity index (χ0v) is 22.0. The third-order valence-electron chi connectivity index (χ3n) is 9.34. The SMILES string of the molecule is N#Cc1cnc(NCc2ccccc2OC(F)(F)F)nc1NC[C@@]12CC3C[C@H](C1)[C@@H](N1CCCCC1)[C@@H](C3)C2. The van der Waals surface area contributed by atoms with Gasteiger partial charge in [-0.15, -0.1) is 13.2 Å². The molecule has 7 rings (SSSR count). The quantitative estimate of drug-likeness (QED) is 0.428. The van der Waals surface area contributed by atoms with Crippen molar-refractivity contribution < 1.29 is 17.9 Å². The van der Waals surface area contributed by atoms with Crippen molar-refractivity contribution in [1.29, 1.82) is 5.26 Å². The highest BCUT2D eigenvalue weighted by atomic mass is 19.4. The fourth-order valence-electron chi connectivity index (χ4n) is 8.20. The number of alkyl halides is 3. The molecule has 5 aliphatic rings. The van der Waals surface area contributed by atoms with E-state index in [-0.39, 0.29) is 23.7 Å². The summed E-state index contributed by atoms with van der Waals surface area (Å²) in [6.45, 7) is 3.33. The molecule has 1 aromatic carbocycles. The van der Waals surface area contributed by atoms with Crippen LogP contribution in [-0.4, -0.2) is 46.9 Å². The van der Waals surface area contributed by atoms with Gasteiger partial charge < -0.3 is 15.4 Å². The lowest BCUT2D eigenvalue weighted by molar-refractivity contribution is -0.274. The molecular formula is C29H35F3N6O. The third kappa shape index (κ3) is 5.65. The largest absolute Gasteiger partial charge is 0.573 e. The summed E-state index contributed by atoms with van der Waals surface area (Å²) in [5.74, 6) is 2.75. The van der Waals surface area contributed by atoms with Crippen LogP contribution in [0.3, 0.4) is 0 Å². The number of piperidine rings is 1. The summed E-state index contributed by atoms with van der Waals surface area (Å²) in [6, 6.07) is 8.88. The number of hydrogen-bond donors (Lipinski definition) is 2. The minimum absolute atomic E-state index is 0.0461. The van der Waals surface area contributed by atoms with Crippen molar-refractivity contribution in [3.63, 3.8) is 0 Å². The minimum atomic E-state index is -4.77. The van der Waals surface area contributed by atoms with Crippen LogP contribution < -0.4 is 15.4 Å². The molecule has 0 amide bonds. The lowest BCUT2D eigenvalue weighted by Gasteiger charge is -2.62. The molecule has 2 aromatic rings. The number of likely N-dealkylation sites (tertiary alicyclic amines) is 1. The van der Waals surface area contributed by atoms with E-state index in [1.807, 2.05) is 0 Å². The van der Waals surface area contributed by atoms with Crippen LogP contribution in [0.1, 0.15) is 62.5 Å². The Balaban J connectivity index is 1.13. The molecule has 39 heavy (non-hydrogen) atoms. The van der Waals surface area contributed by atoms with Crippen LogP contribution in [0.2, 0.25) is 0 Å². The maximum atomic E-state index is 12.8. The van der Waals surface area contributed by atoms with E-state index in [4.69, 9.17) is 0 Å². The monoisotopic (exact) mass is 540 g/mol. The molecule has 5 fully saturated rings. The van der Waals surface area contributed by atoms with Gasteiger partial charge in [0.2, 0.25) is 5.95 Å². The van der Waals surface area contributed by atoms with Crippen molar-refractivity contribution in [2.24, 2.45) is 23.2 Å². The number of anilines is 2. The van der Waals surface area contributed by atoms with E-state index in [0.29, 0.717) is 16.9 Å². The van der Waals surface area contributed by atoms with E-state index in [9.17, 15) is 18.4 Å². The summed E-state index contributed by atoms with van der Waals surface area (Å²) >= 11 is 0. The van der Waals surface area contributed by atoms with Gasteiger partial charge in [-0.25, -0.2) is 4.98 Å². The van der Waals surface area contributed by atoms with Gasteiger partial charge in [0.1, 0.15) is 23.2 Å². The molecule has 1 saturated heterocycles. The normalized spacial score (nSPS) is 30.1. The molecule has 1 unspecified atom stereocenters. The summed E-state index contributed by atoms with van der Waals surface area (Å²) < 4.78 is 42.5. The highest BCUT2D eigenvalue weighted by Crippen LogP contribution is 2.61. The number of aromatic nitrogens is 2. The standard InChI is InChI=1S/C29H35F3N6O/c30-29(31,32)39-24-7-3-2-6-20(24)16-34-27-35-17-23(15-33)26(37-27)36-18-28-12-19-10-21(13-28)25(22(11-19)14-28)38-8-4-1-5-9-38/h2-3,6-7,17,19,21-22,25H,1,4-5,8-14,16,18H2,(H2,34,35,36,37)/t19?,21-,22+,25-,28+. The summed E-state index contributed by atoms with van der Waals surface area (Å²) in [7, 11) is 0. The average molecular weight is 541 g/mol. The minimum Gasteiger partial charge on any atom is -0.405 e. The first-order valence-corrected chi connectivity index (χ1v) is 14.1. The Hall–Kier alpha value is -3.06. The number of hydrogen-bond acceptors (Lipinski definition) is 7. The van der Waals surface area contributed by atoms with Crippen molar-refractivity contribution in [3.8, 4) is 11.8 Å². The molecule has 10 heteroatoms. The van der Waals surface area contributed by atoms with Crippen LogP contribution in [0.25, 0.3) is 0 Å². The molecular weight excluding hydrogens is 505 g/mol. The first-order valence-electron chi connectivity index (χ1n) is 14.1. The zero-order valence-electron chi connectivity index (χ0n) is 22.0. The summed E-state index contributed by atoms with van der Waals surface area (Å²) in [5.41, 5.74) is 0.911. The molecule has 4 aliphatic carbocycles. The Labute approximate surface area is 227 Å². The molecule has 0 spiro atoms. The Bertz CT molecular complexity index is 1210. The first kappa shape index (κ1) is 26.2. The van der Waals surface area contributed by atoms with Crippen molar-refractivity contribution in [2.45, 2.75) is 70.3 Å². The number of nitrogens with zero attached hydrogens (tertiary/aromatic N) is 4. The predicted molar refractivity (Wildman–Crippen MR) is 141 cm³/mol. The van der Waals surface area contributed by atoms with Crippen molar-refractivity contribution >= 4 is 11.8 Å². The van der Waals surface area contributed by atoms with Crippen LogP contribution >= 0.6 is 0 Å². The highest BCUT2D eigenvalue weighted by molar-refractivity contribution is 5.53. The zero-order chi connectivity index (χ0) is 27.0. The van der Waals surface area contributed by atoms with Crippen molar-refractivity contribution in [1.82, 2.24) is 14.9 Å². The summed E-state index contributed by atoms with van der Waals surface area (Å²) in [5, 5.41) is 16.2. The van der Waals surface area contributed by atoms with E-state index >= 15 is 0 Å². The molecule has 0 radical (unpaired) electrons. The molecule has 4 bridgehead atoms. The van der Waals surface area contributed by atoms with Gasteiger partial charge in [-0.1, -0.05) is 24.6 Å². The van der Waals surface area contributed by atoms with Crippen LogP contribution in [0, 0.1) is 34.5 Å². The van der Waals surface area contributed by atoms with Crippen LogP contribution in [-0.2, 0) is 6.54 Å². The van der Waals surface area contributed by atoms with E-state index < -0.39 is 6.36 Å². The molecule has 4 saturated carbocycles. The molecule has 2 N–H and O–H groups in total. The second-order valence-electron chi connectivity index (χ2n) is 12.0. The number of rotatable bonds is 8. The van der Waals surface area contributed by atoms with E-state index in [1.165, 1.54) is 82.8 Å². The number of nitrogens with one attached hydrogen (secondary N) is 2. The van der Waals surface area contributed by atoms with Crippen molar-refractivity contribution in [3.05, 3.63) is 41.6 Å². The number of nitriles is 1. The second kappa shape index (κ2) is 10.5. The Morgan fingerprint density at radius 1 is 1.05 bits per heavy atom. The average Bonchev–Trinajstić information content (AvgIpc) is 2.91. The molecule has 2 heterocycles. The number of halogens is 3. The van der Waals surface area contributed by atoms with Crippen LogP contribution in [0.5, 0.6) is 5.75 Å². The lowest BCUT2D eigenvalue weighted by atomic mass is 9.47. The summed E-state index contributed by atoms with van der Waals surface area (Å²) in [4.78, 5) is 11.6. The fraction of sp³-hybridized carbons (Fsp3) is 0.621. The maximum Gasteiger partial charge on any atom is 0.573 e. The Morgan fingerprint density at radius 2 is 1.79 bits per heavy atom. The topological polar surface area (TPSA) is 86.1 Å². The number of para-hydroxylation sites is 1. The van der Waals surface area contributed by atoms with Gasteiger partial charge in [0.25, 0.3) is 0 Å². The molecule has 1 aromatic heterocycles. The van der Waals surface area contributed by atoms with Crippen LogP contribution in [0.15, 0.2) is 30.5 Å². The molecule has 208 valence electrons. The Kier molecular flexibility index (Phi) is 7.04. The van der Waals surface area contributed by atoms with Gasteiger partial charge in [-0.05, 0) is 87.3 Å². The van der Waals surface area contributed by atoms with Gasteiger partial charge in [0.15, 0.2) is 0 Å². The summed E-state index contributed by atoms with van der Waals surface area (Å²) in [6.07, 6.45) is 7.08. The lowest BCUT2D eigenvalue weighted by Crippen LogP contribution is -2.61. The Morgan fingerprint density at radius 3 is 2.51 bits per heavy atom. The van der Waals surface area contributed by atoms with Gasteiger partial charge in [0, 0.05) is 24.7 Å². The molecule has 5 atom stereocenters. The van der Waals surface area contributed by atoms with E-state index in [2.05, 4.69) is 36.3 Å². The van der Waals surface area contributed by atoms with E-state index in [0.717, 1.165) is 30.3 Å². The van der Waals surface area contributed by atoms with Gasteiger partial charge in [-0.3, -0.25) is 4.90 Å². The van der Waals surface area contributed by atoms with E-state index in [1.54, 1.807) is 12.1 Å². The smallest absolute Gasteiger partial charge is 0.405 e. The number of benzene rings is 1. The van der Waals surface area contributed by atoms with Gasteiger partial charge >= 0.3 is 6.36 Å². The maximum absolute atomic E-state index is 12.8. The molecule has 1 aliphatic heterocycles. The van der Waals surface area contributed by atoms with Gasteiger partial charge in [0.05, 0.1) is 6.20 Å². The number of ether oxygens (including phenoxy) is 1.